The molecule has 2 rings (SSSR count). The van der Waals surface area contributed by atoms with Crippen molar-refractivity contribution in [2.45, 2.75) is 30.3 Å². The molecule has 27 heavy (non-hydrogen) atoms. The van der Waals surface area contributed by atoms with Gasteiger partial charge in [0.15, 0.2) is 0 Å². The van der Waals surface area contributed by atoms with Crippen LogP contribution < -0.4 is 5.48 Å². The molecule has 0 bridgehead atoms. The van der Waals surface area contributed by atoms with Gasteiger partial charge in [-0.05, 0) is 35.9 Å². The number of aromatic nitrogens is 1. The van der Waals surface area contributed by atoms with E-state index in [9.17, 15) is 27.1 Å². The largest absolute Gasteiger partial charge is 0.508 e. The molecule has 0 aliphatic carbocycles. The van der Waals surface area contributed by atoms with Gasteiger partial charge in [-0.3, -0.25) is 15.0 Å². The number of benzene rings is 1. The minimum atomic E-state index is -4.43. The van der Waals surface area contributed by atoms with Gasteiger partial charge in [0, 0.05) is 25.4 Å². The van der Waals surface area contributed by atoms with E-state index in [1.807, 2.05) is 0 Å². The maximum absolute atomic E-state index is 13.0. The minimum Gasteiger partial charge on any atom is -0.508 e. The van der Waals surface area contributed by atoms with Crippen LogP contribution in [-0.4, -0.2) is 46.4 Å². The number of alkyl halides is 2. The summed E-state index contributed by atoms with van der Waals surface area (Å²) in [5, 5.41) is 18.2. The highest BCUT2D eigenvalue weighted by Crippen LogP contribution is 2.25. The molecule has 1 aromatic heterocycles. The molecule has 0 saturated carbocycles. The highest BCUT2D eigenvalue weighted by molar-refractivity contribution is 7.89. The van der Waals surface area contributed by atoms with Crippen LogP contribution in [0, 0.1) is 0 Å². The number of nitrogens with one attached hydrogen (secondary N) is 1. The quantitative estimate of drug-likeness (QED) is 0.456. The van der Waals surface area contributed by atoms with Crippen LogP contribution in [0.5, 0.6) is 5.75 Å². The van der Waals surface area contributed by atoms with Crippen LogP contribution in [0.3, 0.4) is 0 Å². The fraction of sp³-hybridized carbons (Fsp3) is 0.250. The van der Waals surface area contributed by atoms with Crippen molar-refractivity contribution in [2.24, 2.45) is 0 Å². The molecule has 3 N–H and O–H groups in total. The molecule has 0 aliphatic rings. The van der Waals surface area contributed by atoms with Crippen molar-refractivity contribution in [3.63, 3.8) is 0 Å². The molecule has 0 fully saturated rings. The number of pyridine rings is 1. The van der Waals surface area contributed by atoms with Crippen LogP contribution in [0.15, 0.2) is 53.7 Å². The van der Waals surface area contributed by atoms with E-state index in [2.05, 4.69) is 4.98 Å². The first-order valence-electron chi connectivity index (χ1n) is 7.67. The van der Waals surface area contributed by atoms with Gasteiger partial charge >= 0.3 is 0 Å². The van der Waals surface area contributed by atoms with Crippen LogP contribution in [0.4, 0.5) is 8.78 Å². The summed E-state index contributed by atoms with van der Waals surface area (Å²) >= 11 is 0. The molecule has 0 spiro atoms. The third kappa shape index (κ3) is 5.18. The zero-order chi connectivity index (χ0) is 20.0. The summed E-state index contributed by atoms with van der Waals surface area (Å²) < 4.78 is 52.6. The Morgan fingerprint density at radius 1 is 1.22 bits per heavy atom. The van der Waals surface area contributed by atoms with Crippen molar-refractivity contribution in [3.8, 4) is 5.75 Å². The molecular formula is C16H17F2N3O5S. The third-order valence-corrected chi connectivity index (χ3v) is 5.54. The van der Waals surface area contributed by atoms with Crippen LogP contribution >= 0.6 is 0 Å². The minimum absolute atomic E-state index is 0.190. The molecule has 1 atom stereocenters. The fourth-order valence-electron chi connectivity index (χ4n) is 2.39. The average molecular weight is 401 g/mol. The van der Waals surface area contributed by atoms with Crippen LogP contribution in [-0.2, 0) is 21.4 Å². The molecule has 11 heteroatoms. The molecule has 0 unspecified atom stereocenters. The number of phenolic OH excluding ortho intramolecular Hbond substituents is 1. The number of phenols is 1. The zero-order valence-electron chi connectivity index (χ0n) is 13.9. The van der Waals surface area contributed by atoms with Crippen LogP contribution in [0.2, 0.25) is 0 Å². The molecule has 1 aromatic carbocycles. The number of nitrogens with zero attached hydrogens (tertiary/aromatic N) is 2. The Labute approximate surface area is 154 Å². The molecular weight excluding hydrogens is 384 g/mol. The van der Waals surface area contributed by atoms with E-state index < -0.39 is 41.4 Å². The topological polar surface area (TPSA) is 120 Å². The number of carbonyl (C=O) groups excluding carboxylic acids is 1. The molecule has 8 nitrogen and oxygen atoms in total. The summed E-state index contributed by atoms with van der Waals surface area (Å²) in [6.45, 7) is -0.429. The second kappa shape index (κ2) is 8.84. The van der Waals surface area contributed by atoms with E-state index in [0.717, 1.165) is 24.3 Å². The van der Waals surface area contributed by atoms with Crippen molar-refractivity contribution >= 4 is 15.9 Å². The number of rotatable bonds is 8. The number of hydroxylamine groups is 1. The molecule has 0 radical (unpaired) electrons. The number of sulfonamides is 1. The molecule has 0 aliphatic heterocycles. The maximum atomic E-state index is 13.0. The summed E-state index contributed by atoms with van der Waals surface area (Å²) in [5.41, 5.74) is 1.59. The Morgan fingerprint density at radius 3 is 2.41 bits per heavy atom. The Bertz CT molecular complexity index is 863. The highest BCUT2D eigenvalue weighted by Gasteiger charge is 2.37. The summed E-state index contributed by atoms with van der Waals surface area (Å²) in [5.74, 6) is -1.48. The first-order valence-corrected chi connectivity index (χ1v) is 9.11. The van der Waals surface area contributed by atoms with Gasteiger partial charge in [-0.25, -0.2) is 22.7 Å². The Morgan fingerprint density at radius 2 is 1.89 bits per heavy atom. The molecule has 0 saturated heterocycles. The number of hydrogen-bond acceptors (Lipinski definition) is 6. The number of amides is 1. The lowest BCUT2D eigenvalue weighted by Crippen LogP contribution is -2.49. The smallest absolute Gasteiger partial charge is 0.262 e. The van der Waals surface area contributed by atoms with Gasteiger partial charge in [-0.2, -0.15) is 4.31 Å². The monoisotopic (exact) mass is 401 g/mol. The standard InChI is InChI=1S/C16H17F2N3O5S/c17-15(18)8-14(16(23)20-24)21(10-11-2-1-7-19-9-11)27(25,26)13-5-3-12(22)4-6-13/h1-7,9,14-15,22,24H,8,10H2,(H,20,23)/t14-/m1/s1. The first kappa shape index (κ1) is 20.7. The highest BCUT2D eigenvalue weighted by atomic mass is 32.2. The molecule has 1 amide bonds. The van der Waals surface area contributed by atoms with Crippen LogP contribution in [0.25, 0.3) is 0 Å². The summed E-state index contributed by atoms with van der Waals surface area (Å²) in [4.78, 5) is 15.5. The Hall–Kier alpha value is -2.63. The van der Waals surface area contributed by atoms with Crippen molar-refractivity contribution in [2.75, 3.05) is 0 Å². The normalized spacial score (nSPS) is 12.9. The number of carbonyl (C=O) groups is 1. The van der Waals surface area contributed by atoms with Crippen molar-refractivity contribution in [1.29, 1.82) is 0 Å². The SMILES string of the molecule is O=C(NO)[C@@H](CC(F)F)N(Cc1cccnc1)S(=O)(=O)c1ccc(O)cc1. The number of halogens is 2. The van der Waals surface area contributed by atoms with Gasteiger partial charge in [-0.1, -0.05) is 6.07 Å². The lowest BCUT2D eigenvalue weighted by molar-refractivity contribution is -0.134. The van der Waals surface area contributed by atoms with Gasteiger partial charge in [0.1, 0.15) is 11.8 Å². The van der Waals surface area contributed by atoms with E-state index in [4.69, 9.17) is 5.21 Å². The average Bonchev–Trinajstić information content (AvgIpc) is 2.64. The molecule has 2 aromatic rings. The van der Waals surface area contributed by atoms with Gasteiger partial charge in [-0.15, -0.1) is 0 Å². The fourth-order valence-corrected chi connectivity index (χ4v) is 3.97. The van der Waals surface area contributed by atoms with E-state index in [1.54, 1.807) is 0 Å². The second-order valence-electron chi connectivity index (χ2n) is 5.52. The molecule has 146 valence electrons. The predicted molar refractivity (Wildman–Crippen MR) is 89.4 cm³/mol. The first-order chi connectivity index (χ1) is 12.8. The molecule has 1 heterocycles. The Balaban J connectivity index is 2.53. The number of hydrogen-bond donors (Lipinski definition) is 3. The van der Waals surface area contributed by atoms with Crippen molar-refractivity contribution in [3.05, 3.63) is 54.4 Å². The summed E-state index contributed by atoms with van der Waals surface area (Å²) in [7, 11) is -4.43. The van der Waals surface area contributed by atoms with Crippen molar-refractivity contribution in [1.82, 2.24) is 14.8 Å². The lowest BCUT2D eigenvalue weighted by Gasteiger charge is -2.29. The van der Waals surface area contributed by atoms with Gasteiger partial charge < -0.3 is 5.11 Å². The van der Waals surface area contributed by atoms with E-state index in [-0.39, 0.29) is 10.6 Å². The number of aromatic hydroxyl groups is 1. The van der Waals surface area contributed by atoms with Gasteiger partial charge in [0.25, 0.3) is 5.91 Å². The van der Waals surface area contributed by atoms with E-state index >= 15 is 0 Å². The lowest BCUT2D eigenvalue weighted by atomic mass is 10.2. The maximum Gasteiger partial charge on any atom is 0.262 e. The zero-order valence-corrected chi connectivity index (χ0v) is 14.7. The van der Waals surface area contributed by atoms with E-state index in [0.29, 0.717) is 9.87 Å². The Kier molecular flexibility index (Phi) is 6.77. The van der Waals surface area contributed by atoms with E-state index in [1.165, 1.54) is 30.0 Å². The summed E-state index contributed by atoms with van der Waals surface area (Å²) in [6, 6.07) is 5.56. The summed E-state index contributed by atoms with van der Waals surface area (Å²) in [6.07, 6.45) is -1.35. The second-order valence-corrected chi connectivity index (χ2v) is 7.41. The third-order valence-electron chi connectivity index (χ3n) is 3.67. The predicted octanol–water partition coefficient (Wildman–Crippen LogP) is 1.51. The van der Waals surface area contributed by atoms with Gasteiger partial charge in [0.2, 0.25) is 16.4 Å². The van der Waals surface area contributed by atoms with Crippen LogP contribution in [0.1, 0.15) is 12.0 Å². The van der Waals surface area contributed by atoms with Gasteiger partial charge in [0.05, 0.1) is 4.90 Å². The van der Waals surface area contributed by atoms with Crippen molar-refractivity contribution < 1.29 is 32.3 Å².